The molecule has 0 aliphatic heterocycles. The summed E-state index contributed by atoms with van der Waals surface area (Å²) >= 11 is 0. The standard InChI is InChI=1S/C46H83O13P/c1-3-5-7-9-11-13-15-17-19-20-21-23-24-26-28-30-32-34-39(47)56-36-38(37-57-60(54,55)59-46-44(52)42(50)41(49)43(51)45(46)53)58-40(48)35-33-31-29-27-25-22-18-16-14-12-10-8-6-4-2/h10,12,16-19,38,41-46,49-53H,3-9,11,13-15,20-37H2,1-2H3,(H,54,55)/b12-10-,18-16-,19-17-/t38-,41?,42-,43?,44?,45?,46?/m1/s1. The largest absolute Gasteiger partial charge is 0.472 e. The first kappa shape index (κ1) is 56.1. The molecule has 0 amide bonds. The minimum Gasteiger partial charge on any atom is -0.462 e. The average molecular weight is 875 g/mol. The van der Waals surface area contributed by atoms with Gasteiger partial charge in [0.15, 0.2) is 6.10 Å². The fraction of sp³-hybridized carbons (Fsp3) is 0.826. The molecule has 0 bridgehead atoms. The zero-order valence-corrected chi connectivity index (χ0v) is 37.9. The van der Waals surface area contributed by atoms with Crippen LogP contribution in [0.2, 0.25) is 0 Å². The number of hydrogen-bond donors (Lipinski definition) is 6. The van der Waals surface area contributed by atoms with Crippen LogP contribution in [-0.2, 0) is 32.7 Å². The van der Waals surface area contributed by atoms with E-state index in [0.29, 0.717) is 12.8 Å². The zero-order chi connectivity index (χ0) is 44.3. The van der Waals surface area contributed by atoms with Gasteiger partial charge in [0.2, 0.25) is 0 Å². The van der Waals surface area contributed by atoms with E-state index in [-0.39, 0.29) is 12.8 Å². The number of ether oxygens (including phenoxy) is 2. The Hall–Kier alpha value is -1.93. The normalized spacial score (nSPS) is 22.5. The number of aliphatic hydroxyl groups excluding tert-OH is 5. The van der Waals surface area contributed by atoms with Crippen molar-refractivity contribution in [2.75, 3.05) is 13.2 Å². The quantitative estimate of drug-likeness (QED) is 0.0148. The van der Waals surface area contributed by atoms with Crippen LogP contribution in [0.1, 0.15) is 187 Å². The number of carbonyl (C=O) groups is 2. The molecular formula is C46H83O13P. The minimum atomic E-state index is -5.12. The van der Waals surface area contributed by atoms with E-state index >= 15 is 0 Å². The van der Waals surface area contributed by atoms with Gasteiger partial charge in [-0.1, -0.05) is 147 Å². The van der Waals surface area contributed by atoms with Gasteiger partial charge in [0.25, 0.3) is 0 Å². The van der Waals surface area contributed by atoms with Gasteiger partial charge in [-0.05, 0) is 64.2 Å². The summed E-state index contributed by atoms with van der Waals surface area (Å²) in [6.45, 7) is 3.24. The maximum atomic E-state index is 12.8. The van der Waals surface area contributed by atoms with E-state index in [1.165, 1.54) is 70.6 Å². The molecule has 60 heavy (non-hydrogen) atoms. The van der Waals surface area contributed by atoms with Crippen molar-refractivity contribution in [1.82, 2.24) is 0 Å². The van der Waals surface area contributed by atoms with Crippen LogP contribution >= 0.6 is 7.82 Å². The Morgan fingerprint density at radius 1 is 0.517 bits per heavy atom. The van der Waals surface area contributed by atoms with Crippen LogP contribution in [-0.4, -0.2) is 98.3 Å². The van der Waals surface area contributed by atoms with Gasteiger partial charge in [0.1, 0.15) is 43.2 Å². The van der Waals surface area contributed by atoms with Crippen LogP contribution < -0.4 is 0 Å². The molecule has 8 atom stereocenters. The lowest BCUT2D eigenvalue weighted by atomic mass is 9.85. The molecule has 6 N–H and O–H groups in total. The molecule has 1 saturated carbocycles. The van der Waals surface area contributed by atoms with Gasteiger partial charge >= 0.3 is 19.8 Å². The number of aliphatic hydroxyl groups is 5. The molecule has 0 saturated heterocycles. The number of esters is 2. The van der Waals surface area contributed by atoms with Crippen LogP contribution in [0.3, 0.4) is 0 Å². The first-order valence-electron chi connectivity index (χ1n) is 23.3. The number of phosphoric ester groups is 1. The van der Waals surface area contributed by atoms with Crippen molar-refractivity contribution < 1.29 is 63.1 Å². The molecular weight excluding hydrogens is 791 g/mol. The van der Waals surface area contributed by atoms with Crippen molar-refractivity contribution >= 4 is 19.8 Å². The molecule has 6 unspecified atom stereocenters. The second-order valence-electron chi connectivity index (χ2n) is 16.3. The van der Waals surface area contributed by atoms with Gasteiger partial charge in [-0.3, -0.25) is 18.6 Å². The highest BCUT2D eigenvalue weighted by atomic mass is 31.2. The Balaban J connectivity index is 2.46. The molecule has 1 rings (SSSR count). The summed E-state index contributed by atoms with van der Waals surface area (Å²) in [4.78, 5) is 35.7. The molecule has 1 aliphatic rings. The minimum absolute atomic E-state index is 0.0799. The second-order valence-corrected chi connectivity index (χ2v) is 17.7. The second kappa shape index (κ2) is 36.5. The van der Waals surface area contributed by atoms with Crippen LogP contribution in [0, 0.1) is 0 Å². The van der Waals surface area contributed by atoms with Crippen LogP contribution in [0.4, 0.5) is 0 Å². The first-order chi connectivity index (χ1) is 28.9. The molecule has 0 radical (unpaired) electrons. The van der Waals surface area contributed by atoms with E-state index in [2.05, 4.69) is 50.3 Å². The van der Waals surface area contributed by atoms with Gasteiger partial charge in [-0.25, -0.2) is 4.57 Å². The summed E-state index contributed by atoms with van der Waals surface area (Å²) in [6.07, 6.45) is 27.7. The molecule has 0 aromatic heterocycles. The van der Waals surface area contributed by atoms with Gasteiger partial charge in [-0.15, -0.1) is 0 Å². The monoisotopic (exact) mass is 875 g/mol. The topological polar surface area (TPSA) is 210 Å². The van der Waals surface area contributed by atoms with Crippen molar-refractivity contribution in [2.45, 2.75) is 230 Å². The van der Waals surface area contributed by atoms with Crippen molar-refractivity contribution in [3.05, 3.63) is 36.5 Å². The number of rotatable bonds is 38. The lowest BCUT2D eigenvalue weighted by Crippen LogP contribution is -2.64. The van der Waals surface area contributed by atoms with Crippen LogP contribution in [0.25, 0.3) is 0 Å². The lowest BCUT2D eigenvalue weighted by Gasteiger charge is -2.41. The highest BCUT2D eigenvalue weighted by Gasteiger charge is 2.51. The van der Waals surface area contributed by atoms with E-state index < -0.39 is 75.7 Å². The Morgan fingerprint density at radius 3 is 1.42 bits per heavy atom. The Labute approximate surface area is 361 Å². The van der Waals surface area contributed by atoms with Gasteiger partial charge in [0.05, 0.1) is 6.61 Å². The first-order valence-corrected chi connectivity index (χ1v) is 24.8. The average Bonchev–Trinajstić information content (AvgIpc) is 3.23. The lowest BCUT2D eigenvalue weighted by molar-refractivity contribution is -0.220. The molecule has 0 aromatic rings. The van der Waals surface area contributed by atoms with E-state index in [1.807, 2.05) is 0 Å². The third-order valence-electron chi connectivity index (χ3n) is 10.7. The highest BCUT2D eigenvalue weighted by molar-refractivity contribution is 7.47. The number of phosphoric acid groups is 1. The molecule has 0 aromatic carbocycles. The Bertz CT molecular complexity index is 1190. The SMILES string of the molecule is CCCC/C=C\C/C=C\CCCCCCCC(=O)O[C@H](COC(=O)CCCCCCCCC/C=C\CCCCCCCC)COP(=O)(O)OC1C(O)C(O)C(O)[C@@H](O)C1O. The molecule has 14 heteroatoms. The predicted octanol–water partition coefficient (Wildman–Crippen LogP) is 9.00. The van der Waals surface area contributed by atoms with Crippen molar-refractivity contribution in [3.8, 4) is 0 Å². The van der Waals surface area contributed by atoms with Crippen LogP contribution in [0.5, 0.6) is 0 Å². The smallest absolute Gasteiger partial charge is 0.462 e. The van der Waals surface area contributed by atoms with Crippen molar-refractivity contribution in [3.63, 3.8) is 0 Å². The third-order valence-corrected chi connectivity index (χ3v) is 11.7. The van der Waals surface area contributed by atoms with Crippen molar-refractivity contribution in [2.24, 2.45) is 0 Å². The molecule has 0 spiro atoms. The molecule has 1 aliphatic carbocycles. The maximum Gasteiger partial charge on any atom is 0.472 e. The van der Waals surface area contributed by atoms with E-state index in [1.54, 1.807) is 0 Å². The molecule has 1 fully saturated rings. The number of allylic oxidation sites excluding steroid dienone is 6. The van der Waals surface area contributed by atoms with Gasteiger partial charge in [-0.2, -0.15) is 0 Å². The van der Waals surface area contributed by atoms with Crippen LogP contribution in [0.15, 0.2) is 36.5 Å². The molecule has 0 heterocycles. The van der Waals surface area contributed by atoms with E-state index in [0.717, 1.165) is 77.0 Å². The number of unbranched alkanes of at least 4 members (excludes halogenated alkanes) is 20. The maximum absolute atomic E-state index is 12.8. The summed E-state index contributed by atoms with van der Waals surface area (Å²) in [5.74, 6) is -1.12. The predicted molar refractivity (Wildman–Crippen MR) is 235 cm³/mol. The molecule has 13 nitrogen and oxygen atoms in total. The Kier molecular flexibility index (Phi) is 34.2. The summed E-state index contributed by atoms with van der Waals surface area (Å²) < 4.78 is 33.5. The van der Waals surface area contributed by atoms with E-state index in [9.17, 15) is 44.6 Å². The Morgan fingerprint density at radius 2 is 0.917 bits per heavy atom. The fourth-order valence-electron chi connectivity index (χ4n) is 6.89. The highest BCUT2D eigenvalue weighted by Crippen LogP contribution is 2.47. The van der Waals surface area contributed by atoms with Gasteiger partial charge < -0.3 is 39.9 Å². The third kappa shape index (κ3) is 28.6. The molecule has 350 valence electrons. The number of hydrogen-bond acceptors (Lipinski definition) is 12. The summed E-state index contributed by atoms with van der Waals surface area (Å²) in [5.41, 5.74) is 0. The number of carbonyl (C=O) groups excluding carboxylic acids is 2. The van der Waals surface area contributed by atoms with Gasteiger partial charge in [0, 0.05) is 12.8 Å². The summed E-state index contributed by atoms with van der Waals surface area (Å²) in [7, 11) is -5.12. The fourth-order valence-corrected chi connectivity index (χ4v) is 7.86. The zero-order valence-electron chi connectivity index (χ0n) is 37.0. The summed E-state index contributed by atoms with van der Waals surface area (Å²) in [6, 6.07) is 0. The van der Waals surface area contributed by atoms with E-state index in [4.69, 9.17) is 18.5 Å². The summed E-state index contributed by atoms with van der Waals surface area (Å²) in [5, 5.41) is 50.1. The van der Waals surface area contributed by atoms with Crippen molar-refractivity contribution in [1.29, 1.82) is 0 Å².